The third-order valence-corrected chi connectivity index (χ3v) is 6.26. The van der Waals surface area contributed by atoms with Gasteiger partial charge in [0.2, 0.25) is 11.8 Å². The lowest BCUT2D eigenvalue weighted by Gasteiger charge is -2.27. The fourth-order valence-corrected chi connectivity index (χ4v) is 4.55. The average Bonchev–Trinajstić information content (AvgIpc) is 2.83. The van der Waals surface area contributed by atoms with Crippen LogP contribution in [0.25, 0.3) is 10.9 Å². The molecular weight excluding hydrogens is 454 g/mol. The van der Waals surface area contributed by atoms with Crippen LogP contribution in [0.5, 0.6) is 0 Å². The minimum atomic E-state index is -0.385. The number of hydrogen-bond donors (Lipinski definition) is 2. The molecule has 0 saturated carbocycles. The molecule has 0 bridgehead atoms. The maximum absolute atomic E-state index is 12.9. The first-order chi connectivity index (χ1) is 17.1. The number of amides is 2. The minimum Gasteiger partial charge on any atom is -0.469 e. The molecule has 3 aromatic rings. The molecule has 0 fully saturated rings. The highest BCUT2D eigenvalue weighted by Gasteiger charge is 2.26. The van der Waals surface area contributed by atoms with Gasteiger partial charge in [0, 0.05) is 30.1 Å². The number of para-hydroxylation sites is 1. The van der Waals surface area contributed by atoms with E-state index in [1.807, 2.05) is 82.3 Å². The zero-order valence-corrected chi connectivity index (χ0v) is 21.6. The predicted molar refractivity (Wildman–Crippen MR) is 143 cm³/mol. The second kappa shape index (κ2) is 11.8. The molecule has 3 rings (SSSR count). The fraction of sp³-hybridized carbons (Fsp3) is 0.379. The summed E-state index contributed by atoms with van der Waals surface area (Å²) in [6.45, 7) is 7.88. The topological polar surface area (TPSA) is 97.4 Å². The van der Waals surface area contributed by atoms with Crippen molar-refractivity contribution in [3.8, 4) is 0 Å². The van der Waals surface area contributed by atoms with Gasteiger partial charge in [-0.3, -0.25) is 19.4 Å². The van der Waals surface area contributed by atoms with Gasteiger partial charge in [0.05, 0.1) is 24.2 Å². The maximum Gasteiger partial charge on any atom is 0.305 e. The standard InChI is InChI=1S/C29H35N3O4/c1-19(16-26(34)36-5)17-29(3,4)18-25(33)31-23-13-11-21(12-14-23)20(2)28(35)32-24-10-6-8-22-9-7-15-30-27(22)24/h6-15,19-20H,16-18H2,1-5H3,(H,31,33)(H,32,35). The van der Waals surface area contributed by atoms with E-state index in [1.54, 1.807) is 6.20 Å². The van der Waals surface area contributed by atoms with Crippen LogP contribution in [-0.4, -0.2) is 29.9 Å². The molecule has 2 N–H and O–H groups in total. The molecule has 190 valence electrons. The van der Waals surface area contributed by atoms with Crippen molar-refractivity contribution in [3.63, 3.8) is 0 Å². The van der Waals surface area contributed by atoms with Gasteiger partial charge < -0.3 is 15.4 Å². The number of ether oxygens (including phenoxy) is 1. The Hall–Kier alpha value is -3.74. The van der Waals surface area contributed by atoms with Crippen molar-refractivity contribution in [1.82, 2.24) is 4.98 Å². The smallest absolute Gasteiger partial charge is 0.305 e. The van der Waals surface area contributed by atoms with E-state index in [0.29, 0.717) is 24.2 Å². The van der Waals surface area contributed by atoms with E-state index in [0.717, 1.165) is 22.9 Å². The summed E-state index contributed by atoms with van der Waals surface area (Å²) in [5, 5.41) is 6.89. The van der Waals surface area contributed by atoms with E-state index in [4.69, 9.17) is 4.74 Å². The number of fused-ring (bicyclic) bond motifs is 1. The van der Waals surface area contributed by atoms with Gasteiger partial charge in [0.15, 0.2) is 0 Å². The van der Waals surface area contributed by atoms with Crippen molar-refractivity contribution < 1.29 is 19.1 Å². The van der Waals surface area contributed by atoms with Crippen molar-refractivity contribution >= 4 is 40.1 Å². The second-order valence-corrected chi connectivity index (χ2v) is 10.2. The van der Waals surface area contributed by atoms with Gasteiger partial charge in [-0.25, -0.2) is 0 Å². The molecular formula is C29H35N3O4. The number of nitrogens with zero attached hydrogens (tertiary/aromatic N) is 1. The summed E-state index contributed by atoms with van der Waals surface area (Å²) in [6, 6.07) is 16.8. The Kier molecular flexibility index (Phi) is 8.80. The zero-order valence-electron chi connectivity index (χ0n) is 21.6. The van der Waals surface area contributed by atoms with E-state index in [1.165, 1.54) is 7.11 Å². The third kappa shape index (κ3) is 7.38. The Morgan fingerprint density at radius 2 is 1.67 bits per heavy atom. The first-order valence-electron chi connectivity index (χ1n) is 12.2. The number of rotatable bonds is 10. The summed E-state index contributed by atoms with van der Waals surface area (Å²) in [5.41, 5.74) is 2.68. The fourth-order valence-electron chi connectivity index (χ4n) is 4.55. The number of nitrogens with one attached hydrogen (secondary N) is 2. The molecule has 0 aliphatic rings. The maximum atomic E-state index is 12.9. The number of methoxy groups -OCH3 is 1. The van der Waals surface area contributed by atoms with Gasteiger partial charge in [-0.2, -0.15) is 0 Å². The molecule has 0 spiro atoms. The summed E-state index contributed by atoms with van der Waals surface area (Å²) < 4.78 is 4.74. The molecule has 0 radical (unpaired) electrons. The first kappa shape index (κ1) is 26.9. The molecule has 1 aromatic heterocycles. The molecule has 2 aromatic carbocycles. The van der Waals surface area contributed by atoms with Crippen molar-refractivity contribution in [1.29, 1.82) is 0 Å². The van der Waals surface area contributed by atoms with Crippen LogP contribution >= 0.6 is 0 Å². The van der Waals surface area contributed by atoms with Crippen molar-refractivity contribution in [2.75, 3.05) is 17.7 Å². The summed E-state index contributed by atoms with van der Waals surface area (Å²) >= 11 is 0. The van der Waals surface area contributed by atoms with Crippen LogP contribution in [0.2, 0.25) is 0 Å². The van der Waals surface area contributed by atoms with Crippen LogP contribution in [0.3, 0.4) is 0 Å². The molecule has 7 nitrogen and oxygen atoms in total. The van der Waals surface area contributed by atoms with Gasteiger partial charge in [-0.1, -0.05) is 51.1 Å². The number of carbonyl (C=O) groups excluding carboxylic acids is 3. The highest BCUT2D eigenvalue weighted by Crippen LogP contribution is 2.31. The molecule has 2 unspecified atom stereocenters. The third-order valence-electron chi connectivity index (χ3n) is 6.26. The molecule has 2 atom stereocenters. The lowest BCUT2D eigenvalue weighted by molar-refractivity contribution is -0.141. The molecule has 2 amide bonds. The zero-order chi connectivity index (χ0) is 26.3. The van der Waals surface area contributed by atoms with E-state index in [9.17, 15) is 14.4 Å². The Labute approximate surface area is 212 Å². The van der Waals surface area contributed by atoms with Crippen LogP contribution < -0.4 is 10.6 Å². The van der Waals surface area contributed by atoms with Crippen LogP contribution in [0.1, 0.15) is 58.4 Å². The minimum absolute atomic E-state index is 0.0905. The lowest BCUT2D eigenvalue weighted by atomic mass is 9.79. The Balaban J connectivity index is 1.56. The molecule has 0 saturated heterocycles. The number of esters is 1. The van der Waals surface area contributed by atoms with Gasteiger partial charge in [0.1, 0.15) is 0 Å². The van der Waals surface area contributed by atoms with Gasteiger partial charge in [-0.05, 0) is 54.5 Å². The van der Waals surface area contributed by atoms with Crippen molar-refractivity contribution in [2.24, 2.45) is 11.3 Å². The van der Waals surface area contributed by atoms with Crippen LogP contribution in [0, 0.1) is 11.3 Å². The molecule has 0 aliphatic carbocycles. The van der Waals surface area contributed by atoms with Crippen LogP contribution in [0.4, 0.5) is 11.4 Å². The normalized spacial score (nSPS) is 13.0. The quantitative estimate of drug-likeness (QED) is 0.345. The monoisotopic (exact) mass is 489 g/mol. The van der Waals surface area contributed by atoms with Gasteiger partial charge in [0.25, 0.3) is 0 Å². The molecule has 7 heteroatoms. The van der Waals surface area contributed by atoms with E-state index < -0.39 is 0 Å². The van der Waals surface area contributed by atoms with Gasteiger partial charge in [-0.15, -0.1) is 0 Å². The van der Waals surface area contributed by atoms with Crippen LogP contribution in [-0.2, 0) is 19.1 Å². The highest BCUT2D eigenvalue weighted by molar-refractivity contribution is 6.02. The second-order valence-electron chi connectivity index (χ2n) is 10.2. The summed E-state index contributed by atoms with van der Waals surface area (Å²) in [4.78, 5) is 41.5. The number of pyridine rings is 1. The van der Waals surface area contributed by atoms with E-state index >= 15 is 0 Å². The Morgan fingerprint density at radius 1 is 0.972 bits per heavy atom. The number of anilines is 2. The number of benzene rings is 2. The average molecular weight is 490 g/mol. The number of carbonyl (C=O) groups is 3. The largest absolute Gasteiger partial charge is 0.469 e. The van der Waals surface area contributed by atoms with E-state index in [2.05, 4.69) is 15.6 Å². The number of aromatic nitrogens is 1. The van der Waals surface area contributed by atoms with Crippen LogP contribution in [0.15, 0.2) is 60.8 Å². The van der Waals surface area contributed by atoms with Crippen molar-refractivity contribution in [3.05, 3.63) is 66.4 Å². The Morgan fingerprint density at radius 3 is 2.36 bits per heavy atom. The SMILES string of the molecule is COC(=O)CC(C)CC(C)(C)CC(=O)Nc1ccc(C(C)C(=O)Nc2cccc3cccnc23)cc1. The molecule has 1 heterocycles. The Bertz CT molecular complexity index is 1220. The molecule has 0 aliphatic heterocycles. The van der Waals surface area contributed by atoms with Gasteiger partial charge >= 0.3 is 5.97 Å². The highest BCUT2D eigenvalue weighted by atomic mass is 16.5. The van der Waals surface area contributed by atoms with E-state index in [-0.39, 0.29) is 35.0 Å². The number of hydrogen-bond acceptors (Lipinski definition) is 5. The summed E-state index contributed by atoms with van der Waals surface area (Å²) in [5.74, 6) is -0.722. The predicted octanol–water partition coefficient (Wildman–Crippen LogP) is 5.92. The summed E-state index contributed by atoms with van der Waals surface area (Å²) in [7, 11) is 1.38. The summed E-state index contributed by atoms with van der Waals surface area (Å²) in [6.07, 6.45) is 3.11. The lowest BCUT2D eigenvalue weighted by Crippen LogP contribution is -2.25. The molecule has 36 heavy (non-hydrogen) atoms. The first-order valence-corrected chi connectivity index (χ1v) is 12.2. The van der Waals surface area contributed by atoms with Crippen molar-refractivity contribution in [2.45, 2.75) is 52.9 Å².